The highest BCUT2D eigenvalue weighted by atomic mass is 32.2. The lowest BCUT2D eigenvalue weighted by molar-refractivity contribution is -0.118. The average molecular weight is 465 g/mol. The van der Waals surface area contributed by atoms with Crippen LogP contribution >= 0.6 is 34.9 Å². The number of nitrogens with zero attached hydrogens (tertiary/aromatic N) is 3. The third kappa shape index (κ3) is 5.94. The minimum absolute atomic E-state index is 0.171. The van der Waals surface area contributed by atoms with Gasteiger partial charge in [0, 0.05) is 5.75 Å². The molecule has 5 nitrogen and oxygen atoms in total. The van der Waals surface area contributed by atoms with Crippen LogP contribution in [-0.4, -0.2) is 28.1 Å². The topological polar surface area (TPSA) is 67.2 Å². The Morgan fingerprint density at radius 2 is 1.74 bits per heavy atom. The van der Waals surface area contributed by atoms with Crippen LogP contribution in [0.25, 0.3) is 10.8 Å². The van der Waals surface area contributed by atoms with E-state index >= 15 is 0 Å². The van der Waals surface area contributed by atoms with Gasteiger partial charge in [-0.15, -0.1) is 10.2 Å². The summed E-state index contributed by atoms with van der Waals surface area (Å²) in [5.41, 5.74) is 5.92. The van der Waals surface area contributed by atoms with Crippen molar-refractivity contribution in [3.05, 3.63) is 83.4 Å². The molecule has 0 saturated heterocycles. The van der Waals surface area contributed by atoms with E-state index < -0.39 is 0 Å². The van der Waals surface area contributed by atoms with Crippen molar-refractivity contribution in [2.75, 3.05) is 5.75 Å². The molecule has 1 aromatic heterocycles. The van der Waals surface area contributed by atoms with Crippen molar-refractivity contribution in [1.82, 2.24) is 15.6 Å². The van der Waals surface area contributed by atoms with Crippen LogP contribution in [0.15, 0.2) is 80.5 Å². The van der Waals surface area contributed by atoms with Gasteiger partial charge in [-0.3, -0.25) is 4.79 Å². The van der Waals surface area contributed by atoms with Gasteiger partial charge in [0.2, 0.25) is 0 Å². The number of carbonyl (C=O) groups excluding carboxylic acids is 1. The fraction of sp³-hybridized carbons (Fsp3) is 0.130. The molecule has 0 bridgehead atoms. The predicted molar refractivity (Wildman–Crippen MR) is 131 cm³/mol. The molecule has 0 radical (unpaired) electrons. The Hall–Kier alpha value is -2.68. The summed E-state index contributed by atoms with van der Waals surface area (Å²) in [6, 6.07) is 22.6. The van der Waals surface area contributed by atoms with Crippen molar-refractivity contribution in [3.8, 4) is 0 Å². The highest BCUT2D eigenvalue weighted by molar-refractivity contribution is 8.03. The molecule has 1 heterocycles. The molecule has 0 aliphatic rings. The zero-order valence-corrected chi connectivity index (χ0v) is 19.3. The summed E-state index contributed by atoms with van der Waals surface area (Å²) >= 11 is 4.54. The number of thioether (sulfide) groups is 2. The summed E-state index contributed by atoms with van der Waals surface area (Å²) < 4.78 is 1.67. The van der Waals surface area contributed by atoms with Crippen molar-refractivity contribution < 1.29 is 4.79 Å². The molecule has 8 heteroatoms. The van der Waals surface area contributed by atoms with Crippen molar-refractivity contribution >= 4 is 57.8 Å². The van der Waals surface area contributed by atoms with E-state index in [-0.39, 0.29) is 11.7 Å². The zero-order valence-electron chi connectivity index (χ0n) is 16.8. The molecule has 1 N–H and O–H groups in total. The van der Waals surface area contributed by atoms with Gasteiger partial charge in [0.25, 0.3) is 5.91 Å². The first-order valence-electron chi connectivity index (χ1n) is 9.62. The van der Waals surface area contributed by atoms with Crippen molar-refractivity contribution in [1.29, 1.82) is 0 Å². The summed E-state index contributed by atoms with van der Waals surface area (Å²) in [6.07, 6.45) is 1.66. The molecule has 156 valence electrons. The van der Waals surface area contributed by atoms with E-state index in [0.29, 0.717) is 0 Å². The fourth-order valence-corrected chi connectivity index (χ4v) is 5.75. The van der Waals surface area contributed by atoms with E-state index in [2.05, 4.69) is 63.2 Å². The molecule has 0 atom stereocenters. The van der Waals surface area contributed by atoms with Gasteiger partial charge in [0.1, 0.15) is 0 Å². The van der Waals surface area contributed by atoms with Crippen molar-refractivity contribution in [2.24, 2.45) is 5.10 Å². The first-order valence-corrected chi connectivity index (χ1v) is 12.4. The van der Waals surface area contributed by atoms with Crippen molar-refractivity contribution in [3.63, 3.8) is 0 Å². The second-order valence-corrected chi connectivity index (χ2v) is 10.1. The maximum Gasteiger partial charge on any atom is 0.250 e. The van der Waals surface area contributed by atoms with Crippen LogP contribution in [0, 0.1) is 6.92 Å². The van der Waals surface area contributed by atoms with Gasteiger partial charge in [-0.05, 0) is 34.4 Å². The third-order valence-corrected chi connectivity index (χ3v) is 7.77. The maximum atomic E-state index is 12.0. The summed E-state index contributed by atoms with van der Waals surface area (Å²) in [5.74, 6) is 0.901. The molecule has 0 aliphatic carbocycles. The minimum atomic E-state index is -0.171. The molecule has 0 unspecified atom stereocenters. The molecule has 0 aliphatic heterocycles. The number of benzene rings is 3. The quantitative estimate of drug-likeness (QED) is 0.211. The number of rotatable bonds is 8. The van der Waals surface area contributed by atoms with Gasteiger partial charge in [0.15, 0.2) is 8.68 Å². The Morgan fingerprint density at radius 3 is 2.61 bits per heavy atom. The summed E-state index contributed by atoms with van der Waals surface area (Å²) in [4.78, 5) is 12.0. The Bertz CT molecular complexity index is 1220. The molecule has 3 aromatic carbocycles. The van der Waals surface area contributed by atoms with E-state index in [1.807, 2.05) is 31.2 Å². The van der Waals surface area contributed by atoms with E-state index in [4.69, 9.17) is 0 Å². The Kier molecular flexibility index (Phi) is 7.35. The number of fused-ring (bicyclic) bond motifs is 1. The first-order chi connectivity index (χ1) is 15.2. The number of carbonyl (C=O) groups is 1. The van der Waals surface area contributed by atoms with Gasteiger partial charge in [0.05, 0.1) is 12.0 Å². The number of nitrogens with one attached hydrogen (secondary N) is 1. The number of aromatic nitrogens is 2. The molecular weight excluding hydrogens is 444 g/mol. The Labute approximate surface area is 193 Å². The molecule has 0 fully saturated rings. The minimum Gasteiger partial charge on any atom is -0.272 e. The van der Waals surface area contributed by atoms with Crippen LogP contribution in [0.5, 0.6) is 0 Å². The van der Waals surface area contributed by atoms with E-state index in [1.54, 1.807) is 18.0 Å². The van der Waals surface area contributed by atoms with Crippen LogP contribution in [-0.2, 0) is 10.5 Å². The fourth-order valence-electron chi connectivity index (χ4n) is 2.94. The molecule has 0 saturated carbocycles. The van der Waals surface area contributed by atoms with Crippen LogP contribution in [0.4, 0.5) is 0 Å². The summed E-state index contributed by atoms with van der Waals surface area (Å²) in [5, 5.41) is 15.0. The second kappa shape index (κ2) is 10.6. The van der Waals surface area contributed by atoms with Gasteiger partial charge < -0.3 is 0 Å². The smallest absolute Gasteiger partial charge is 0.250 e. The van der Waals surface area contributed by atoms with Crippen LogP contribution in [0.3, 0.4) is 0 Å². The van der Waals surface area contributed by atoms with E-state index in [1.165, 1.54) is 39.4 Å². The summed E-state index contributed by atoms with van der Waals surface area (Å²) in [6.45, 7) is 2.00. The van der Waals surface area contributed by atoms with E-state index in [0.717, 1.165) is 25.6 Å². The predicted octanol–water partition coefficient (Wildman–Crippen LogP) is 5.53. The highest BCUT2D eigenvalue weighted by Crippen LogP contribution is 2.32. The number of aryl methyl sites for hydroxylation is 1. The standard InChI is InChI=1S/C23H20N4OS3/c1-16-7-2-3-9-18(16)13-24-25-21(28)15-30-23-27-26-22(31-23)29-14-19-11-6-10-17-8-4-5-12-20(17)19/h2-13H,14-15H2,1H3,(H,25,28)/b24-13-. The van der Waals surface area contributed by atoms with Gasteiger partial charge in [-0.25, -0.2) is 5.43 Å². The molecule has 4 rings (SSSR count). The number of hydrogen-bond donors (Lipinski definition) is 1. The molecule has 0 spiro atoms. The van der Waals surface area contributed by atoms with Gasteiger partial charge in [-0.2, -0.15) is 5.10 Å². The highest BCUT2D eigenvalue weighted by Gasteiger charge is 2.09. The van der Waals surface area contributed by atoms with E-state index in [9.17, 15) is 4.79 Å². The lowest BCUT2D eigenvalue weighted by Crippen LogP contribution is -2.19. The van der Waals surface area contributed by atoms with Crippen molar-refractivity contribution in [2.45, 2.75) is 21.4 Å². The largest absolute Gasteiger partial charge is 0.272 e. The normalized spacial score (nSPS) is 11.3. The molecule has 4 aromatic rings. The number of amides is 1. The first kappa shape index (κ1) is 21.5. The Morgan fingerprint density at radius 1 is 1.00 bits per heavy atom. The summed E-state index contributed by atoms with van der Waals surface area (Å²) in [7, 11) is 0. The second-order valence-electron chi connectivity index (χ2n) is 6.70. The van der Waals surface area contributed by atoms with Crippen LogP contribution in [0.2, 0.25) is 0 Å². The molecule has 31 heavy (non-hydrogen) atoms. The molecule has 1 amide bonds. The molecular formula is C23H20N4OS3. The lowest BCUT2D eigenvalue weighted by Gasteiger charge is -2.04. The maximum absolute atomic E-state index is 12.0. The average Bonchev–Trinajstić information content (AvgIpc) is 3.25. The van der Waals surface area contributed by atoms with Gasteiger partial charge in [-0.1, -0.05) is 102 Å². The SMILES string of the molecule is Cc1ccccc1/C=N\NC(=O)CSc1nnc(SCc2cccc3ccccc23)s1. The third-order valence-electron chi connectivity index (χ3n) is 4.53. The monoisotopic (exact) mass is 464 g/mol. The number of hydrazone groups is 1. The van der Waals surface area contributed by atoms with Gasteiger partial charge >= 0.3 is 0 Å². The Balaban J connectivity index is 1.26. The van der Waals surface area contributed by atoms with Crippen LogP contribution < -0.4 is 5.43 Å². The zero-order chi connectivity index (χ0) is 21.5. The number of hydrogen-bond acceptors (Lipinski definition) is 7. The van der Waals surface area contributed by atoms with Crippen LogP contribution in [0.1, 0.15) is 16.7 Å². The lowest BCUT2D eigenvalue weighted by atomic mass is 10.1.